The van der Waals surface area contributed by atoms with Gasteiger partial charge in [0.1, 0.15) is 6.61 Å². The molecule has 1 amide bonds. The van der Waals surface area contributed by atoms with Crippen LogP contribution >= 0.6 is 0 Å². The first-order valence-electron chi connectivity index (χ1n) is 5.21. The third-order valence-electron chi connectivity index (χ3n) is 2.61. The number of nitrogens with zero attached hydrogens (tertiary/aromatic N) is 1. The Morgan fingerprint density at radius 1 is 1.29 bits per heavy atom. The Kier molecular flexibility index (Phi) is 2.82. The Bertz CT molecular complexity index is 535. The highest BCUT2D eigenvalue weighted by molar-refractivity contribution is 7.89. The van der Waals surface area contributed by atoms with E-state index >= 15 is 0 Å². The Morgan fingerprint density at radius 2 is 1.88 bits per heavy atom. The van der Waals surface area contributed by atoms with E-state index in [1.165, 1.54) is 12.1 Å². The smallest absolute Gasteiger partial charge is 0.424 e. The highest BCUT2D eigenvalue weighted by Gasteiger charge is 2.40. The van der Waals surface area contributed by atoms with E-state index in [9.17, 15) is 13.2 Å². The molecule has 1 saturated heterocycles. The molecule has 1 aromatic carbocycles. The van der Waals surface area contributed by atoms with Gasteiger partial charge in [0.05, 0.1) is 10.9 Å². The van der Waals surface area contributed by atoms with E-state index in [0.29, 0.717) is 0 Å². The van der Waals surface area contributed by atoms with Gasteiger partial charge in [0, 0.05) is 0 Å². The van der Waals surface area contributed by atoms with Crippen LogP contribution in [0.15, 0.2) is 29.2 Å². The van der Waals surface area contributed by atoms with Crippen LogP contribution in [0.4, 0.5) is 4.79 Å². The maximum atomic E-state index is 12.2. The third kappa shape index (κ3) is 2.00. The van der Waals surface area contributed by atoms with E-state index in [4.69, 9.17) is 4.74 Å². The lowest BCUT2D eigenvalue weighted by Gasteiger charge is -2.17. The number of benzene rings is 1. The molecule has 0 aromatic heterocycles. The largest absolute Gasteiger partial charge is 0.446 e. The lowest BCUT2D eigenvalue weighted by Crippen LogP contribution is -2.37. The van der Waals surface area contributed by atoms with E-state index in [1.807, 2.05) is 6.92 Å². The van der Waals surface area contributed by atoms with E-state index in [2.05, 4.69) is 0 Å². The number of hydrogen-bond acceptors (Lipinski definition) is 4. The first-order chi connectivity index (χ1) is 7.93. The minimum atomic E-state index is -3.80. The Hall–Kier alpha value is -1.56. The van der Waals surface area contributed by atoms with E-state index in [0.717, 1.165) is 9.87 Å². The van der Waals surface area contributed by atoms with Crippen molar-refractivity contribution in [2.45, 2.75) is 24.8 Å². The number of rotatable bonds is 2. The monoisotopic (exact) mass is 255 g/mol. The number of ether oxygens (including phenoxy) is 1. The van der Waals surface area contributed by atoms with Gasteiger partial charge in [-0.1, -0.05) is 17.7 Å². The van der Waals surface area contributed by atoms with Crippen LogP contribution < -0.4 is 0 Å². The minimum absolute atomic E-state index is 0.101. The molecule has 0 bridgehead atoms. The molecule has 6 heteroatoms. The van der Waals surface area contributed by atoms with Gasteiger partial charge in [-0.15, -0.1) is 0 Å². The highest BCUT2D eigenvalue weighted by Crippen LogP contribution is 2.23. The summed E-state index contributed by atoms with van der Waals surface area (Å²) in [5.74, 6) is 0. The second kappa shape index (κ2) is 4.03. The first-order valence-corrected chi connectivity index (χ1v) is 6.65. The molecular weight excluding hydrogens is 242 g/mol. The topological polar surface area (TPSA) is 63.7 Å². The molecule has 0 spiro atoms. The summed E-state index contributed by atoms with van der Waals surface area (Å²) in [7, 11) is -3.80. The lowest BCUT2D eigenvalue weighted by atomic mass is 10.2. The fourth-order valence-corrected chi connectivity index (χ4v) is 3.15. The molecule has 1 fully saturated rings. The van der Waals surface area contributed by atoms with Gasteiger partial charge < -0.3 is 4.74 Å². The molecule has 1 heterocycles. The van der Waals surface area contributed by atoms with Crippen molar-refractivity contribution < 1.29 is 17.9 Å². The summed E-state index contributed by atoms with van der Waals surface area (Å²) in [5, 5.41) is 0. The number of amides is 1. The molecule has 17 heavy (non-hydrogen) atoms. The zero-order valence-electron chi connectivity index (χ0n) is 9.58. The molecule has 0 saturated carbocycles. The van der Waals surface area contributed by atoms with Crippen molar-refractivity contribution in [3.63, 3.8) is 0 Å². The molecule has 1 aliphatic heterocycles. The number of carbonyl (C=O) groups excluding carboxylic acids is 1. The third-order valence-corrected chi connectivity index (χ3v) is 4.50. The van der Waals surface area contributed by atoms with E-state index in [-0.39, 0.29) is 11.5 Å². The van der Waals surface area contributed by atoms with Gasteiger partial charge in [0.2, 0.25) is 0 Å². The molecular formula is C11H13NO4S. The summed E-state index contributed by atoms with van der Waals surface area (Å²) in [6.07, 6.45) is -0.807. The van der Waals surface area contributed by atoms with Crippen molar-refractivity contribution in [3.8, 4) is 0 Å². The van der Waals surface area contributed by atoms with Crippen LogP contribution in [0.25, 0.3) is 0 Å². The fourth-order valence-electron chi connectivity index (χ4n) is 1.66. The van der Waals surface area contributed by atoms with Crippen LogP contribution in [-0.2, 0) is 14.8 Å². The van der Waals surface area contributed by atoms with Crippen molar-refractivity contribution >= 4 is 16.1 Å². The summed E-state index contributed by atoms with van der Waals surface area (Å²) in [6.45, 7) is 3.60. The average molecular weight is 255 g/mol. The molecule has 1 unspecified atom stereocenters. The van der Waals surface area contributed by atoms with Gasteiger partial charge >= 0.3 is 6.09 Å². The van der Waals surface area contributed by atoms with Crippen LogP contribution in [0.5, 0.6) is 0 Å². The summed E-state index contributed by atoms with van der Waals surface area (Å²) < 4.78 is 29.9. The van der Waals surface area contributed by atoms with Crippen molar-refractivity contribution in [1.82, 2.24) is 4.31 Å². The molecule has 1 aromatic rings. The Morgan fingerprint density at radius 3 is 2.35 bits per heavy atom. The lowest BCUT2D eigenvalue weighted by molar-refractivity contribution is 0.170. The van der Waals surface area contributed by atoms with Crippen LogP contribution in [-0.4, -0.2) is 31.5 Å². The van der Waals surface area contributed by atoms with Crippen molar-refractivity contribution in [2.75, 3.05) is 6.61 Å². The van der Waals surface area contributed by atoms with E-state index < -0.39 is 22.2 Å². The van der Waals surface area contributed by atoms with Gasteiger partial charge in [-0.3, -0.25) is 0 Å². The standard InChI is InChI=1S/C11H13NO4S/c1-8-3-5-10(6-4-8)17(14,15)12-9(2)7-16-11(12)13/h3-6,9H,7H2,1-2H3. The van der Waals surface area contributed by atoms with Gasteiger partial charge in [-0.2, -0.15) is 4.31 Å². The molecule has 1 aliphatic rings. The quantitative estimate of drug-likeness (QED) is 0.803. The maximum absolute atomic E-state index is 12.2. The Labute approximate surface area is 100 Å². The minimum Gasteiger partial charge on any atom is -0.446 e. The molecule has 92 valence electrons. The van der Waals surface area contributed by atoms with Crippen molar-refractivity contribution in [1.29, 1.82) is 0 Å². The first kappa shape index (κ1) is 11.9. The number of hydrogen-bond donors (Lipinski definition) is 0. The number of cyclic esters (lactones) is 1. The number of aryl methyl sites for hydroxylation is 1. The normalized spacial score (nSPS) is 20.5. The van der Waals surface area contributed by atoms with Crippen LogP contribution in [0.3, 0.4) is 0 Å². The predicted molar refractivity (Wildman–Crippen MR) is 61.0 cm³/mol. The summed E-state index contributed by atoms with van der Waals surface area (Å²) in [4.78, 5) is 11.5. The molecule has 0 radical (unpaired) electrons. The SMILES string of the molecule is Cc1ccc(S(=O)(=O)N2C(=O)OCC2C)cc1. The fraction of sp³-hybridized carbons (Fsp3) is 0.364. The zero-order valence-corrected chi connectivity index (χ0v) is 10.4. The highest BCUT2D eigenvalue weighted by atomic mass is 32.2. The van der Waals surface area contributed by atoms with Crippen LogP contribution in [0, 0.1) is 6.92 Å². The van der Waals surface area contributed by atoms with Crippen LogP contribution in [0.2, 0.25) is 0 Å². The molecule has 2 rings (SSSR count). The predicted octanol–water partition coefficient (Wildman–Crippen LogP) is 1.52. The molecule has 0 aliphatic carbocycles. The Balaban J connectivity index is 2.43. The zero-order chi connectivity index (χ0) is 12.6. The van der Waals surface area contributed by atoms with Gasteiger partial charge in [-0.05, 0) is 26.0 Å². The van der Waals surface area contributed by atoms with Crippen molar-refractivity contribution in [3.05, 3.63) is 29.8 Å². The second-order valence-corrected chi connectivity index (χ2v) is 5.85. The summed E-state index contributed by atoms with van der Waals surface area (Å²) >= 11 is 0. The second-order valence-electron chi connectivity index (χ2n) is 4.04. The van der Waals surface area contributed by atoms with Gasteiger partial charge in [-0.25, -0.2) is 13.2 Å². The number of sulfonamides is 1. The van der Waals surface area contributed by atoms with Crippen LogP contribution in [0.1, 0.15) is 12.5 Å². The van der Waals surface area contributed by atoms with Gasteiger partial charge in [0.25, 0.3) is 10.0 Å². The summed E-state index contributed by atoms with van der Waals surface area (Å²) in [6, 6.07) is 5.90. The molecule has 0 N–H and O–H groups in total. The van der Waals surface area contributed by atoms with Gasteiger partial charge in [0.15, 0.2) is 0 Å². The summed E-state index contributed by atoms with van der Waals surface area (Å²) in [5.41, 5.74) is 0.959. The maximum Gasteiger partial charge on any atom is 0.424 e. The molecule has 1 atom stereocenters. The number of carbonyl (C=O) groups is 1. The van der Waals surface area contributed by atoms with E-state index in [1.54, 1.807) is 19.1 Å². The average Bonchev–Trinajstić information content (AvgIpc) is 2.59. The molecule has 5 nitrogen and oxygen atoms in total. The van der Waals surface area contributed by atoms with Crippen molar-refractivity contribution in [2.24, 2.45) is 0 Å².